The molecule has 0 saturated heterocycles. The molecule has 0 heterocycles. The summed E-state index contributed by atoms with van der Waals surface area (Å²) in [6.45, 7) is 0. The van der Waals surface area contributed by atoms with Gasteiger partial charge in [0.05, 0.1) is 0 Å². The maximum atomic E-state index is 10.8. The Morgan fingerprint density at radius 1 is 1.27 bits per heavy atom. The molecule has 0 aliphatic heterocycles. The summed E-state index contributed by atoms with van der Waals surface area (Å²) in [7, 11) is 0. The maximum absolute atomic E-state index is 10.8. The number of nitrogens with two attached hydrogens (primary N) is 1. The van der Waals surface area contributed by atoms with E-state index in [9.17, 15) is 4.79 Å². The molecule has 2 nitrogen and oxygen atoms in total. The highest BCUT2D eigenvalue weighted by Gasteiger charge is 2.26. The van der Waals surface area contributed by atoms with Gasteiger partial charge in [0.2, 0.25) is 5.91 Å². The summed E-state index contributed by atoms with van der Waals surface area (Å²) in [5, 5.41) is 0. The number of hydrogen-bond donors (Lipinski definition) is 1. The highest BCUT2D eigenvalue weighted by Crippen LogP contribution is 2.39. The molecular weight excluding hydrogens is 186 g/mol. The monoisotopic (exact) mass is 203 g/mol. The van der Waals surface area contributed by atoms with E-state index in [4.69, 9.17) is 5.73 Å². The van der Waals surface area contributed by atoms with Gasteiger partial charge in [0.1, 0.15) is 0 Å². The van der Waals surface area contributed by atoms with Crippen LogP contribution in [0.5, 0.6) is 0 Å². The number of primary amides is 1. The summed E-state index contributed by atoms with van der Waals surface area (Å²) in [6, 6.07) is 10.6. The summed E-state index contributed by atoms with van der Waals surface area (Å²) < 4.78 is 0. The van der Waals surface area contributed by atoms with Crippen LogP contribution in [0, 0.1) is 5.92 Å². The molecule has 2 rings (SSSR count). The zero-order valence-corrected chi connectivity index (χ0v) is 8.86. The van der Waals surface area contributed by atoms with Gasteiger partial charge in [-0.25, -0.2) is 0 Å². The molecule has 1 saturated carbocycles. The third-order valence-corrected chi connectivity index (χ3v) is 3.30. The molecule has 1 aromatic rings. The van der Waals surface area contributed by atoms with Crippen LogP contribution in [0.1, 0.15) is 37.2 Å². The van der Waals surface area contributed by atoms with Crippen molar-refractivity contribution >= 4 is 5.91 Å². The summed E-state index contributed by atoms with van der Waals surface area (Å²) in [4.78, 5) is 10.8. The second-order valence-electron chi connectivity index (χ2n) is 4.46. The molecule has 1 amide bonds. The van der Waals surface area contributed by atoms with Crippen molar-refractivity contribution in [1.29, 1.82) is 0 Å². The van der Waals surface area contributed by atoms with E-state index in [1.807, 2.05) is 6.07 Å². The first-order valence-corrected chi connectivity index (χ1v) is 5.59. The van der Waals surface area contributed by atoms with Gasteiger partial charge in [0.25, 0.3) is 0 Å². The Hall–Kier alpha value is -1.31. The second kappa shape index (κ2) is 4.47. The lowest BCUT2D eigenvalue weighted by Crippen LogP contribution is -2.14. The third kappa shape index (κ3) is 2.58. The van der Waals surface area contributed by atoms with Crippen molar-refractivity contribution in [2.24, 2.45) is 11.7 Å². The molecule has 1 aromatic carbocycles. The van der Waals surface area contributed by atoms with E-state index in [0.29, 0.717) is 18.3 Å². The van der Waals surface area contributed by atoms with Crippen LogP contribution in [0.3, 0.4) is 0 Å². The van der Waals surface area contributed by atoms with Gasteiger partial charge in [0, 0.05) is 6.42 Å². The van der Waals surface area contributed by atoms with Crippen molar-refractivity contribution in [2.75, 3.05) is 0 Å². The molecule has 2 heteroatoms. The Bertz CT molecular complexity index is 334. The Kier molecular flexibility index (Phi) is 3.05. The van der Waals surface area contributed by atoms with Gasteiger partial charge < -0.3 is 5.73 Å². The average molecular weight is 203 g/mol. The SMILES string of the molecule is NC(=O)C[C@H]1CC[C@@H](c2ccccc2)C1. The first kappa shape index (κ1) is 10.2. The fourth-order valence-electron chi connectivity index (χ4n) is 2.57. The minimum atomic E-state index is -0.159. The first-order valence-electron chi connectivity index (χ1n) is 5.59. The number of carbonyl (C=O) groups excluding carboxylic acids is 1. The summed E-state index contributed by atoms with van der Waals surface area (Å²) >= 11 is 0. The summed E-state index contributed by atoms with van der Waals surface area (Å²) in [5.74, 6) is 0.983. The first-order chi connectivity index (χ1) is 7.25. The van der Waals surface area contributed by atoms with Crippen LogP contribution in [-0.2, 0) is 4.79 Å². The minimum Gasteiger partial charge on any atom is -0.370 e. The van der Waals surface area contributed by atoms with E-state index in [1.165, 1.54) is 12.0 Å². The van der Waals surface area contributed by atoms with Crippen molar-refractivity contribution in [3.05, 3.63) is 35.9 Å². The fourth-order valence-corrected chi connectivity index (χ4v) is 2.57. The largest absolute Gasteiger partial charge is 0.370 e. The number of hydrogen-bond acceptors (Lipinski definition) is 1. The lowest BCUT2D eigenvalue weighted by Gasteiger charge is -2.10. The smallest absolute Gasteiger partial charge is 0.217 e. The van der Waals surface area contributed by atoms with E-state index >= 15 is 0 Å². The van der Waals surface area contributed by atoms with Gasteiger partial charge in [-0.15, -0.1) is 0 Å². The molecule has 15 heavy (non-hydrogen) atoms. The highest BCUT2D eigenvalue weighted by atomic mass is 16.1. The molecule has 0 aromatic heterocycles. The normalized spacial score (nSPS) is 25.3. The van der Waals surface area contributed by atoms with Gasteiger partial charge >= 0.3 is 0 Å². The van der Waals surface area contributed by atoms with E-state index < -0.39 is 0 Å². The van der Waals surface area contributed by atoms with Crippen molar-refractivity contribution in [3.63, 3.8) is 0 Å². The molecule has 1 fully saturated rings. The summed E-state index contributed by atoms with van der Waals surface area (Å²) in [6.07, 6.45) is 4.01. The van der Waals surface area contributed by atoms with Gasteiger partial charge in [-0.05, 0) is 36.7 Å². The molecule has 1 aliphatic carbocycles. The lowest BCUT2D eigenvalue weighted by atomic mass is 9.95. The van der Waals surface area contributed by atoms with E-state index in [1.54, 1.807) is 0 Å². The van der Waals surface area contributed by atoms with Crippen molar-refractivity contribution in [2.45, 2.75) is 31.6 Å². The molecule has 0 bridgehead atoms. The Morgan fingerprint density at radius 2 is 2.00 bits per heavy atom. The van der Waals surface area contributed by atoms with Crippen LogP contribution >= 0.6 is 0 Å². The number of benzene rings is 1. The van der Waals surface area contributed by atoms with E-state index in [0.717, 1.165) is 12.8 Å². The average Bonchev–Trinajstić information content (AvgIpc) is 2.67. The van der Waals surface area contributed by atoms with Gasteiger partial charge in [-0.3, -0.25) is 4.79 Å². The molecule has 0 radical (unpaired) electrons. The van der Waals surface area contributed by atoms with Crippen LogP contribution in [-0.4, -0.2) is 5.91 Å². The third-order valence-electron chi connectivity index (χ3n) is 3.30. The fraction of sp³-hybridized carbons (Fsp3) is 0.462. The molecule has 80 valence electrons. The van der Waals surface area contributed by atoms with Crippen LogP contribution in [0.4, 0.5) is 0 Å². The molecule has 2 N–H and O–H groups in total. The minimum absolute atomic E-state index is 0.159. The van der Waals surface area contributed by atoms with Crippen LogP contribution in [0.2, 0.25) is 0 Å². The zero-order valence-electron chi connectivity index (χ0n) is 8.86. The quantitative estimate of drug-likeness (QED) is 0.805. The topological polar surface area (TPSA) is 43.1 Å². The lowest BCUT2D eigenvalue weighted by molar-refractivity contribution is -0.118. The molecular formula is C13H17NO. The Balaban J connectivity index is 1.96. The molecule has 2 atom stereocenters. The van der Waals surface area contributed by atoms with Gasteiger partial charge in [-0.2, -0.15) is 0 Å². The number of amides is 1. The maximum Gasteiger partial charge on any atom is 0.217 e. The van der Waals surface area contributed by atoms with Crippen molar-refractivity contribution < 1.29 is 4.79 Å². The van der Waals surface area contributed by atoms with E-state index in [-0.39, 0.29) is 5.91 Å². The zero-order chi connectivity index (χ0) is 10.7. The van der Waals surface area contributed by atoms with Crippen molar-refractivity contribution in [1.82, 2.24) is 0 Å². The Morgan fingerprint density at radius 3 is 2.67 bits per heavy atom. The molecule has 1 aliphatic rings. The predicted molar refractivity (Wildman–Crippen MR) is 60.3 cm³/mol. The summed E-state index contributed by atoms with van der Waals surface area (Å²) in [5.41, 5.74) is 6.62. The van der Waals surface area contributed by atoms with Crippen LogP contribution < -0.4 is 5.73 Å². The van der Waals surface area contributed by atoms with Crippen LogP contribution in [0.15, 0.2) is 30.3 Å². The number of carbonyl (C=O) groups is 1. The van der Waals surface area contributed by atoms with Crippen molar-refractivity contribution in [3.8, 4) is 0 Å². The van der Waals surface area contributed by atoms with E-state index in [2.05, 4.69) is 24.3 Å². The highest BCUT2D eigenvalue weighted by molar-refractivity contribution is 5.74. The van der Waals surface area contributed by atoms with Crippen LogP contribution in [0.25, 0.3) is 0 Å². The predicted octanol–water partition coefficient (Wildman–Crippen LogP) is 2.45. The second-order valence-corrected chi connectivity index (χ2v) is 4.46. The molecule has 0 unspecified atom stereocenters. The number of rotatable bonds is 3. The molecule has 0 spiro atoms. The Labute approximate surface area is 90.5 Å². The standard InChI is InChI=1S/C13H17NO/c14-13(15)9-10-6-7-12(8-10)11-4-2-1-3-5-11/h1-5,10,12H,6-9H2,(H2,14,15)/t10-,12+/m0/s1. The van der Waals surface area contributed by atoms with Gasteiger partial charge in [-0.1, -0.05) is 30.3 Å². The van der Waals surface area contributed by atoms with Gasteiger partial charge in [0.15, 0.2) is 0 Å².